The molecule has 2 N–H and O–H groups in total. The number of benzene rings is 5. The highest BCUT2D eigenvalue weighted by molar-refractivity contribution is 5.97. The van der Waals surface area contributed by atoms with Crippen LogP contribution in [0.4, 0.5) is 51.2 Å². The van der Waals surface area contributed by atoms with Crippen molar-refractivity contribution in [1.29, 1.82) is 0 Å². The Morgan fingerprint density at radius 3 is 1.27 bits per heavy atom. The molecule has 0 amide bonds. The Kier molecular flexibility index (Phi) is 7.45. The van der Waals surface area contributed by atoms with E-state index in [0.717, 1.165) is 34.1 Å². The molecule has 0 bridgehead atoms. The van der Waals surface area contributed by atoms with Crippen molar-refractivity contribution in [1.82, 2.24) is 4.98 Å². The zero-order valence-corrected chi connectivity index (χ0v) is 22.3. The average Bonchev–Trinajstić information content (AvgIpc) is 3.05. The molecule has 0 fully saturated rings. The van der Waals surface area contributed by atoms with Crippen molar-refractivity contribution >= 4 is 51.2 Å². The number of hydrogen-bond acceptors (Lipinski definition) is 6. The molecule has 0 saturated carbocycles. The molecular formula is C35H28N6. The smallest absolute Gasteiger partial charge is 0.135 e. The van der Waals surface area contributed by atoms with Gasteiger partial charge in [-0.3, -0.25) is 4.98 Å². The second-order valence-corrected chi connectivity index (χ2v) is 9.28. The van der Waals surface area contributed by atoms with Crippen molar-refractivity contribution in [3.8, 4) is 0 Å². The predicted octanol–water partition coefficient (Wildman–Crippen LogP) is 10.0. The summed E-state index contributed by atoms with van der Waals surface area (Å²) in [4.78, 5) is 8.39. The van der Waals surface area contributed by atoms with Crippen LogP contribution < -0.4 is 15.5 Å². The van der Waals surface area contributed by atoms with Gasteiger partial charge in [-0.15, -0.1) is 5.11 Å². The van der Waals surface area contributed by atoms with E-state index in [2.05, 4.69) is 80.6 Å². The summed E-state index contributed by atoms with van der Waals surface area (Å²) in [5.41, 5.74) is 14.4. The molecule has 0 unspecified atom stereocenters. The summed E-state index contributed by atoms with van der Waals surface area (Å²) in [6.07, 6.45) is 3.39. The molecule has 0 aliphatic rings. The van der Waals surface area contributed by atoms with E-state index in [9.17, 15) is 0 Å². The monoisotopic (exact) mass is 532 g/mol. The number of para-hydroxylation sites is 4. The lowest BCUT2D eigenvalue weighted by Gasteiger charge is -2.30. The zero-order valence-electron chi connectivity index (χ0n) is 22.3. The van der Waals surface area contributed by atoms with Gasteiger partial charge in [0.05, 0.1) is 22.7 Å². The van der Waals surface area contributed by atoms with Crippen LogP contribution in [0.2, 0.25) is 0 Å². The first-order valence-corrected chi connectivity index (χ1v) is 13.3. The van der Waals surface area contributed by atoms with Crippen LogP contribution in [0.25, 0.3) is 0 Å². The molecule has 0 atom stereocenters. The molecule has 1 aromatic heterocycles. The van der Waals surface area contributed by atoms with Gasteiger partial charge in [0.2, 0.25) is 0 Å². The van der Waals surface area contributed by atoms with E-state index in [1.165, 1.54) is 0 Å². The van der Waals surface area contributed by atoms with E-state index in [0.29, 0.717) is 17.1 Å². The topological polar surface area (TPSA) is 70.1 Å². The highest BCUT2D eigenvalue weighted by atomic mass is 15.2. The van der Waals surface area contributed by atoms with Gasteiger partial charge in [0.25, 0.3) is 0 Å². The molecule has 0 radical (unpaired) electrons. The molecule has 0 saturated heterocycles. The molecule has 6 heteroatoms. The number of rotatable bonds is 8. The Balaban J connectivity index is 1.59. The summed E-state index contributed by atoms with van der Waals surface area (Å²) in [6, 6.07) is 48.5. The van der Waals surface area contributed by atoms with Crippen LogP contribution in [-0.4, -0.2) is 4.98 Å². The summed E-state index contributed by atoms with van der Waals surface area (Å²) < 4.78 is 0. The highest BCUT2D eigenvalue weighted by Crippen LogP contribution is 2.49. The molecule has 0 spiro atoms. The molecule has 198 valence electrons. The SMILES string of the molecule is Nc1c(N(c2ccccc2)c2ccccc2)ccc(N(c2ccccc2)c2ccccc2)c1N=Nc1ccncc1. The molecule has 6 nitrogen and oxygen atoms in total. The first kappa shape index (κ1) is 25.5. The third kappa shape index (κ3) is 5.53. The minimum atomic E-state index is 0.505. The van der Waals surface area contributed by atoms with E-state index >= 15 is 0 Å². The minimum absolute atomic E-state index is 0.505. The van der Waals surface area contributed by atoms with Crippen molar-refractivity contribution < 1.29 is 0 Å². The van der Waals surface area contributed by atoms with E-state index < -0.39 is 0 Å². The van der Waals surface area contributed by atoms with Gasteiger partial charge in [0.15, 0.2) is 0 Å². The van der Waals surface area contributed by atoms with Crippen molar-refractivity contribution in [2.75, 3.05) is 15.5 Å². The number of aromatic nitrogens is 1. The Morgan fingerprint density at radius 1 is 0.439 bits per heavy atom. The van der Waals surface area contributed by atoms with Crippen LogP contribution in [-0.2, 0) is 0 Å². The van der Waals surface area contributed by atoms with Crippen LogP contribution in [0.5, 0.6) is 0 Å². The van der Waals surface area contributed by atoms with Crippen molar-refractivity contribution in [3.63, 3.8) is 0 Å². The van der Waals surface area contributed by atoms with Crippen LogP contribution in [0.15, 0.2) is 168 Å². The van der Waals surface area contributed by atoms with Crippen molar-refractivity contribution in [2.45, 2.75) is 0 Å². The number of azo groups is 1. The second-order valence-electron chi connectivity index (χ2n) is 9.28. The lowest BCUT2D eigenvalue weighted by atomic mass is 10.1. The largest absolute Gasteiger partial charge is 0.395 e. The van der Waals surface area contributed by atoms with Gasteiger partial charge in [-0.05, 0) is 72.8 Å². The maximum Gasteiger partial charge on any atom is 0.135 e. The normalized spacial score (nSPS) is 10.9. The first-order chi connectivity index (χ1) is 20.3. The summed E-state index contributed by atoms with van der Waals surface area (Å²) in [7, 11) is 0. The van der Waals surface area contributed by atoms with E-state index in [1.807, 2.05) is 84.9 Å². The molecule has 1 heterocycles. The molecule has 41 heavy (non-hydrogen) atoms. The first-order valence-electron chi connectivity index (χ1n) is 13.3. The fourth-order valence-corrected chi connectivity index (χ4v) is 4.75. The lowest BCUT2D eigenvalue weighted by Crippen LogP contribution is -2.14. The van der Waals surface area contributed by atoms with Gasteiger partial charge in [-0.25, -0.2) is 0 Å². The average molecular weight is 533 g/mol. The maximum absolute atomic E-state index is 7.08. The minimum Gasteiger partial charge on any atom is -0.395 e. The number of nitrogens with two attached hydrogens (primary N) is 1. The Bertz CT molecular complexity index is 1650. The van der Waals surface area contributed by atoms with Crippen LogP contribution in [0.3, 0.4) is 0 Å². The van der Waals surface area contributed by atoms with Crippen LogP contribution >= 0.6 is 0 Å². The maximum atomic E-state index is 7.08. The van der Waals surface area contributed by atoms with E-state index in [1.54, 1.807) is 12.4 Å². The van der Waals surface area contributed by atoms with Gasteiger partial charge in [-0.1, -0.05) is 72.8 Å². The fraction of sp³-hybridized carbons (Fsp3) is 0. The van der Waals surface area contributed by atoms with Gasteiger partial charge in [-0.2, -0.15) is 5.11 Å². The zero-order chi connectivity index (χ0) is 27.9. The Morgan fingerprint density at radius 2 is 0.829 bits per heavy atom. The van der Waals surface area contributed by atoms with Gasteiger partial charge in [0.1, 0.15) is 5.69 Å². The fourth-order valence-electron chi connectivity index (χ4n) is 4.75. The molecule has 6 aromatic rings. The molecule has 5 aromatic carbocycles. The number of nitrogen functional groups attached to an aromatic ring is 1. The van der Waals surface area contributed by atoms with Gasteiger partial charge < -0.3 is 15.5 Å². The van der Waals surface area contributed by atoms with Gasteiger partial charge >= 0.3 is 0 Å². The third-order valence-corrected chi connectivity index (χ3v) is 6.64. The lowest BCUT2D eigenvalue weighted by molar-refractivity contribution is 1.18. The number of hydrogen-bond donors (Lipinski definition) is 1. The molecule has 0 aliphatic carbocycles. The molecular weight excluding hydrogens is 504 g/mol. The van der Waals surface area contributed by atoms with Crippen molar-refractivity contribution in [3.05, 3.63) is 158 Å². The van der Waals surface area contributed by atoms with E-state index in [4.69, 9.17) is 10.8 Å². The number of pyridine rings is 1. The van der Waals surface area contributed by atoms with Gasteiger partial charge in [0, 0.05) is 35.1 Å². The Labute approximate surface area is 239 Å². The quantitative estimate of drug-likeness (QED) is 0.156. The van der Waals surface area contributed by atoms with Crippen LogP contribution in [0.1, 0.15) is 0 Å². The highest BCUT2D eigenvalue weighted by Gasteiger charge is 2.23. The summed E-state index contributed by atoms with van der Waals surface area (Å²) in [5, 5.41) is 9.36. The van der Waals surface area contributed by atoms with Crippen LogP contribution in [0, 0.1) is 0 Å². The standard InChI is InChI=1S/C35H28N6/c36-34-32(40(28-13-5-1-6-14-28)29-15-7-2-8-16-29)21-22-33(35(34)39-38-27-23-25-37-26-24-27)41(30-17-9-3-10-18-30)31-19-11-4-12-20-31/h1-26H,36H2. The third-order valence-electron chi connectivity index (χ3n) is 6.64. The summed E-state index contributed by atoms with van der Waals surface area (Å²) >= 11 is 0. The number of anilines is 7. The summed E-state index contributed by atoms with van der Waals surface area (Å²) in [5.74, 6) is 0. The predicted molar refractivity (Wildman–Crippen MR) is 169 cm³/mol. The Hall–Kier alpha value is -5.75. The molecule has 6 rings (SSSR count). The number of nitrogens with zero attached hydrogens (tertiary/aromatic N) is 5. The second kappa shape index (κ2) is 12.0. The summed E-state index contributed by atoms with van der Waals surface area (Å²) in [6.45, 7) is 0. The molecule has 0 aliphatic heterocycles. The van der Waals surface area contributed by atoms with Crippen molar-refractivity contribution in [2.24, 2.45) is 10.2 Å². The van der Waals surface area contributed by atoms with E-state index in [-0.39, 0.29) is 0 Å².